The molecule has 4 heteroatoms. The first-order valence-electron chi connectivity index (χ1n) is 5.93. The average molecular weight is 236 g/mol. The van der Waals surface area contributed by atoms with Crippen LogP contribution in [0.15, 0.2) is 24.3 Å². The number of hydrogen-bond acceptors (Lipinski definition) is 2. The highest BCUT2D eigenvalue weighted by Gasteiger charge is 2.22. The van der Waals surface area contributed by atoms with Gasteiger partial charge in [0.15, 0.2) is 0 Å². The summed E-state index contributed by atoms with van der Waals surface area (Å²) in [6.07, 6.45) is 1.75. The summed E-state index contributed by atoms with van der Waals surface area (Å²) < 4.78 is 13.6. The predicted octanol–water partition coefficient (Wildman–Crippen LogP) is 2.06. The molecule has 0 aliphatic carbocycles. The Morgan fingerprint density at radius 1 is 1.35 bits per heavy atom. The number of nitrogens with one attached hydrogen (secondary N) is 1. The summed E-state index contributed by atoms with van der Waals surface area (Å²) in [6, 6.07) is 6.95. The second-order valence-corrected chi connectivity index (χ2v) is 4.45. The van der Waals surface area contributed by atoms with E-state index in [2.05, 4.69) is 5.43 Å². The summed E-state index contributed by atoms with van der Waals surface area (Å²) in [5.41, 5.74) is 3.57. The molecule has 0 saturated carbocycles. The highest BCUT2D eigenvalue weighted by atomic mass is 19.1. The molecule has 0 spiro atoms. The molecule has 1 N–H and O–H groups in total. The number of carbonyl (C=O) groups is 1. The summed E-state index contributed by atoms with van der Waals surface area (Å²) in [7, 11) is 0. The van der Waals surface area contributed by atoms with Gasteiger partial charge in [0.25, 0.3) is 0 Å². The van der Waals surface area contributed by atoms with Gasteiger partial charge in [-0.3, -0.25) is 10.2 Å². The molecule has 17 heavy (non-hydrogen) atoms. The molecule has 1 fully saturated rings. The van der Waals surface area contributed by atoms with Gasteiger partial charge in [0.2, 0.25) is 5.91 Å². The van der Waals surface area contributed by atoms with Gasteiger partial charge in [-0.05, 0) is 30.4 Å². The predicted molar refractivity (Wildman–Crippen MR) is 63.8 cm³/mol. The lowest BCUT2D eigenvalue weighted by atomic mass is 9.90. The van der Waals surface area contributed by atoms with Crippen LogP contribution in [-0.2, 0) is 4.79 Å². The molecule has 0 unspecified atom stereocenters. The normalized spacial score (nSPS) is 18.0. The Kier molecular flexibility index (Phi) is 3.74. The lowest BCUT2D eigenvalue weighted by Gasteiger charge is -2.32. The summed E-state index contributed by atoms with van der Waals surface area (Å²) in [4.78, 5) is 10.9. The van der Waals surface area contributed by atoms with Gasteiger partial charge in [0, 0.05) is 20.0 Å². The largest absolute Gasteiger partial charge is 0.289 e. The zero-order valence-electron chi connectivity index (χ0n) is 9.95. The van der Waals surface area contributed by atoms with E-state index >= 15 is 0 Å². The van der Waals surface area contributed by atoms with Crippen LogP contribution in [0.4, 0.5) is 4.39 Å². The molecule has 0 aromatic heterocycles. The number of rotatable bonds is 2. The number of nitrogens with zero attached hydrogens (tertiary/aromatic N) is 1. The average Bonchev–Trinajstić information content (AvgIpc) is 2.30. The van der Waals surface area contributed by atoms with Gasteiger partial charge in [-0.1, -0.05) is 18.2 Å². The number of hydrogen-bond donors (Lipinski definition) is 1. The fourth-order valence-electron chi connectivity index (χ4n) is 2.33. The third-order valence-electron chi connectivity index (χ3n) is 3.16. The molecular weight excluding hydrogens is 219 g/mol. The van der Waals surface area contributed by atoms with E-state index in [1.54, 1.807) is 6.07 Å². The van der Waals surface area contributed by atoms with Crippen LogP contribution in [-0.4, -0.2) is 24.0 Å². The molecule has 92 valence electrons. The number of piperidine rings is 1. The van der Waals surface area contributed by atoms with Crippen molar-refractivity contribution >= 4 is 5.91 Å². The topological polar surface area (TPSA) is 32.3 Å². The zero-order valence-corrected chi connectivity index (χ0v) is 9.95. The zero-order chi connectivity index (χ0) is 12.3. The van der Waals surface area contributed by atoms with Crippen LogP contribution in [0.25, 0.3) is 0 Å². The van der Waals surface area contributed by atoms with Crippen molar-refractivity contribution in [3.63, 3.8) is 0 Å². The van der Waals surface area contributed by atoms with Gasteiger partial charge in [-0.15, -0.1) is 0 Å². The monoisotopic (exact) mass is 236 g/mol. The van der Waals surface area contributed by atoms with Gasteiger partial charge in [0.05, 0.1) is 0 Å². The maximum atomic E-state index is 13.6. The van der Waals surface area contributed by atoms with Crippen LogP contribution in [0.2, 0.25) is 0 Å². The molecule has 1 aliphatic rings. The second-order valence-electron chi connectivity index (χ2n) is 4.45. The van der Waals surface area contributed by atoms with Crippen LogP contribution in [0.5, 0.6) is 0 Å². The van der Waals surface area contributed by atoms with Crippen LogP contribution in [0.1, 0.15) is 31.2 Å². The summed E-state index contributed by atoms with van der Waals surface area (Å²) >= 11 is 0. The molecule has 1 amide bonds. The molecule has 0 radical (unpaired) electrons. The van der Waals surface area contributed by atoms with E-state index in [9.17, 15) is 9.18 Å². The van der Waals surface area contributed by atoms with Crippen molar-refractivity contribution in [2.24, 2.45) is 0 Å². The molecule has 0 atom stereocenters. The van der Waals surface area contributed by atoms with Crippen molar-refractivity contribution in [1.82, 2.24) is 10.4 Å². The molecule has 1 aromatic rings. The SMILES string of the molecule is CC(=O)NN1CCC(c2ccccc2F)CC1. The maximum absolute atomic E-state index is 13.6. The standard InChI is InChI=1S/C13H17FN2O/c1-10(17)15-16-8-6-11(7-9-16)12-4-2-3-5-13(12)14/h2-5,11H,6-9H2,1H3,(H,15,17). The van der Waals surface area contributed by atoms with Gasteiger partial charge in [-0.25, -0.2) is 9.40 Å². The fraction of sp³-hybridized carbons (Fsp3) is 0.462. The maximum Gasteiger partial charge on any atom is 0.231 e. The number of amides is 1. The lowest BCUT2D eigenvalue weighted by molar-refractivity contribution is -0.124. The van der Waals surface area contributed by atoms with E-state index in [1.807, 2.05) is 17.1 Å². The van der Waals surface area contributed by atoms with Crippen molar-refractivity contribution in [3.05, 3.63) is 35.6 Å². The van der Waals surface area contributed by atoms with Crippen LogP contribution in [0, 0.1) is 5.82 Å². The van der Waals surface area contributed by atoms with Gasteiger partial charge < -0.3 is 0 Å². The third kappa shape index (κ3) is 3.03. The highest BCUT2D eigenvalue weighted by Crippen LogP contribution is 2.28. The first-order valence-corrected chi connectivity index (χ1v) is 5.93. The van der Waals surface area contributed by atoms with Gasteiger partial charge in [-0.2, -0.15) is 0 Å². The first kappa shape index (κ1) is 12.0. The fourth-order valence-corrected chi connectivity index (χ4v) is 2.33. The number of benzene rings is 1. The number of hydrazine groups is 1. The number of carbonyl (C=O) groups excluding carboxylic acids is 1. The molecule has 0 bridgehead atoms. The van der Waals surface area contributed by atoms with Crippen LogP contribution < -0.4 is 5.43 Å². The van der Waals surface area contributed by atoms with Crippen molar-refractivity contribution in [3.8, 4) is 0 Å². The molecule has 1 heterocycles. The Morgan fingerprint density at radius 3 is 2.59 bits per heavy atom. The summed E-state index contributed by atoms with van der Waals surface area (Å²) in [5.74, 6) is 0.0982. The quantitative estimate of drug-likeness (QED) is 0.852. The first-order chi connectivity index (χ1) is 8.16. The molecular formula is C13H17FN2O. The lowest BCUT2D eigenvalue weighted by Crippen LogP contribution is -2.45. The Labute approximate surface area is 101 Å². The van der Waals surface area contributed by atoms with E-state index in [4.69, 9.17) is 0 Å². The minimum Gasteiger partial charge on any atom is -0.289 e. The minimum absolute atomic E-state index is 0.0469. The Bertz CT molecular complexity index is 400. The molecule has 1 aliphatic heterocycles. The molecule has 2 rings (SSSR count). The number of halogens is 1. The highest BCUT2D eigenvalue weighted by molar-refractivity contribution is 5.72. The summed E-state index contributed by atoms with van der Waals surface area (Å²) in [5, 5.41) is 1.90. The van der Waals surface area contributed by atoms with E-state index in [-0.39, 0.29) is 17.6 Å². The molecule has 3 nitrogen and oxygen atoms in total. The minimum atomic E-state index is -0.120. The smallest absolute Gasteiger partial charge is 0.231 e. The Morgan fingerprint density at radius 2 is 2.00 bits per heavy atom. The van der Waals surface area contributed by atoms with E-state index in [0.717, 1.165) is 31.5 Å². The van der Waals surface area contributed by atoms with Gasteiger partial charge in [0.1, 0.15) is 5.82 Å². The van der Waals surface area contributed by atoms with Crippen molar-refractivity contribution < 1.29 is 9.18 Å². The Balaban J connectivity index is 1.95. The van der Waals surface area contributed by atoms with Gasteiger partial charge >= 0.3 is 0 Å². The molecule has 1 aromatic carbocycles. The van der Waals surface area contributed by atoms with Crippen LogP contribution in [0.3, 0.4) is 0 Å². The van der Waals surface area contributed by atoms with E-state index in [0.29, 0.717) is 0 Å². The molecule has 1 saturated heterocycles. The van der Waals surface area contributed by atoms with Crippen molar-refractivity contribution in [1.29, 1.82) is 0 Å². The van der Waals surface area contributed by atoms with Crippen molar-refractivity contribution in [2.45, 2.75) is 25.7 Å². The second kappa shape index (κ2) is 5.27. The third-order valence-corrected chi connectivity index (χ3v) is 3.16. The van der Waals surface area contributed by atoms with Crippen LogP contribution >= 0.6 is 0 Å². The van der Waals surface area contributed by atoms with E-state index < -0.39 is 0 Å². The Hall–Kier alpha value is -1.42. The van der Waals surface area contributed by atoms with Crippen molar-refractivity contribution in [2.75, 3.05) is 13.1 Å². The summed E-state index contributed by atoms with van der Waals surface area (Å²) in [6.45, 7) is 3.06. The van der Waals surface area contributed by atoms with E-state index in [1.165, 1.54) is 13.0 Å².